The first kappa shape index (κ1) is 14.4. The van der Waals surface area contributed by atoms with Crippen molar-refractivity contribution < 1.29 is 9.66 Å². The summed E-state index contributed by atoms with van der Waals surface area (Å²) in [7, 11) is 0. The molecule has 0 amide bonds. The minimum atomic E-state index is -0.449. The van der Waals surface area contributed by atoms with Crippen molar-refractivity contribution >= 4 is 11.5 Å². The van der Waals surface area contributed by atoms with Crippen LogP contribution in [-0.2, 0) is 0 Å². The summed E-state index contributed by atoms with van der Waals surface area (Å²) in [5, 5.41) is 18.3. The molecule has 0 aliphatic carbocycles. The monoisotopic (exact) mass is 287 g/mol. The van der Waals surface area contributed by atoms with Crippen molar-refractivity contribution in [3.8, 4) is 11.6 Å². The van der Waals surface area contributed by atoms with Crippen molar-refractivity contribution in [2.75, 3.05) is 0 Å². The number of aromatic nitrogens is 2. The first-order valence-corrected chi connectivity index (χ1v) is 5.99. The number of nitrogens with zero attached hydrogens (tertiary/aromatic N) is 3. The minimum Gasteiger partial charge on any atom is -0.437 e. The van der Waals surface area contributed by atoms with Crippen LogP contribution in [0.5, 0.6) is 11.6 Å². The molecule has 0 saturated heterocycles. The molecule has 1 aromatic carbocycles. The molecule has 108 valence electrons. The van der Waals surface area contributed by atoms with Crippen LogP contribution < -0.4 is 10.5 Å². The van der Waals surface area contributed by atoms with E-state index in [-0.39, 0.29) is 23.1 Å². The fraction of sp³-hybridized carbons (Fsp3) is 0.154. The number of aryl methyl sites for hydroxylation is 2. The summed E-state index contributed by atoms with van der Waals surface area (Å²) < 4.78 is 5.60. The number of ether oxygens (including phenoxy) is 1. The number of benzene rings is 1. The second kappa shape index (κ2) is 5.53. The SMILES string of the molecule is Cc1cc([N+](=O)[O-])c(C)cc1Oc1nccnc1C(=N)N. The number of amidine groups is 1. The maximum absolute atomic E-state index is 10.9. The highest BCUT2D eigenvalue weighted by atomic mass is 16.6. The number of rotatable bonds is 4. The Balaban J connectivity index is 2.44. The number of nitro benzene ring substituents is 1. The van der Waals surface area contributed by atoms with Crippen molar-refractivity contribution in [3.05, 3.63) is 51.5 Å². The number of nitrogens with two attached hydrogens (primary N) is 1. The van der Waals surface area contributed by atoms with Gasteiger partial charge in [-0.15, -0.1) is 0 Å². The molecule has 2 rings (SSSR count). The molecule has 8 heteroatoms. The van der Waals surface area contributed by atoms with Gasteiger partial charge in [0, 0.05) is 24.0 Å². The van der Waals surface area contributed by atoms with E-state index in [9.17, 15) is 10.1 Å². The minimum absolute atomic E-state index is 0.0192. The molecule has 0 aliphatic heterocycles. The van der Waals surface area contributed by atoms with E-state index >= 15 is 0 Å². The Morgan fingerprint density at radius 3 is 2.57 bits per heavy atom. The number of nitrogens with one attached hydrogen (secondary N) is 1. The molecular formula is C13H13N5O3. The fourth-order valence-corrected chi connectivity index (χ4v) is 1.77. The van der Waals surface area contributed by atoms with E-state index in [0.29, 0.717) is 16.9 Å². The zero-order chi connectivity index (χ0) is 15.6. The van der Waals surface area contributed by atoms with Crippen molar-refractivity contribution in [3.63, 3.8) is 0 Å². The topological polar surface area (TPSA) is 128 Å². The molecule has 0 bridgehead atoms. The Hall–Kier alpha value is -3.03. The zero-order valence-electron chi connectivity index (χ0n) is 11.5. The lowest BCUT2D eigenvalue weighted by Crippen LogP contribution is -2.15. The molecule has 0 fully saturated rings. The van der Waals surface area contributed by atoms with Gasteiger partial charge in [-0.1, -0.05) is 0 Å². The van der Waals surface area contributed by atoms with E-state index in [1.807, 2.05) is 0 Å². The van der Waals surface area contributed by atoms with E-state index in [2.05, 4.69) is 9.97 Å². The van der Waals surface area contributed by atoms with Crippen LogP contribution in [0.3, 0.4) is 0 Å². The summed E-state index contributed by atoms with van der Waals surface area (Å²) in [6.45, 7) is 3.30. The van der Waals surface area contributed by atoms with Gasteiger partial charge in [0.05, 0.1) is 4.92 Å². The van der Waals surface area contributed by atoms with Gasteiger partial charge in [0.2, 0.25) is 5.88 Å². The second-order valence-electron chi connectivity index (χ2n) is 4.39. The van der Waals surface area contributed by atoms with Gasteiger partial charge >= 0.3 is 0 Å². The number of nitro groups is 1. The Morgan fingerprint density at radius 1 is 1.29 bits per heavy atom. The average molecular weight is 287 g/mol. The molecule has 0 atom stereocenters. The lowest BCUT2D eigenvalue weighted by atomic mass is 10.1. The standard InChI is InChI=1S/C13H13N5O3/c1-7-6-10(8(2)5-9(7)18(19)20)21-13-11(12(14)15)16-3-4-17-13/h3-6H,1-2H3,(H3,14,15). The van der Waals surface area contributed by atoms with Gasteiger partial charge in [0.1, 0.15) is 11.6 Å². The van der Waals surface area contributed by atoms with Crippen LogP contribution in [0.25, 0.3) is 0 Å². The Bertz CT molecular complexity index is 730. The van der Waals surface area contributed by atoms with Crippen LogP contribution in [-0.4, -0.2) is 20.7 Å². The van der Waals surface area contributed by atoms with Crippen LogP contribution in [0, 0.1) is 29.4 Å². The van der Waals surface area contributed by atoms with E-state index < -0.39 is 4.92 Å². The lowest BCUT2D eigenvalue weighted by Gasteiger charge is -2.11. The fourth-order valence-electron chi connectivity index (χ4n) is 1.77. The maximum atomic E-state index is 10.9. The first-order chi connectivity index (χ1) is 9.90. The van der Waals surface area contributed by atoms with Crippen molar-refractivity contribution in [1.29, 1.82) is 5.41 Å². The van der Waals surface area contributed by atoms with Crippen molar-refractivity contribution in [1.82, 2.24) is 9.97 Å². The average Bonchev–Trinajstić information content (AvgIpc) is 2.42. The van der Waals surface area contributed by atoms with Gasteiger partial charge in [-0.2, -0.15) is 0 Å². The molecule has 0 unspecified atom stereocenters. The van der Waals surface area contributed by atoms with Gasteiger partial charge < -0.3 is 10.5 Å². The van der Waals surface area contributed by atoms with Crippen LogP contribution in [0.4, 0.5) is 5.69 Å². The summed E-state index contributed by atoms with van der Waals surface area (Å²) in [4.78, 5) is 18.3. The summed E-state index contributed by atoms with van der Waals surface area (Å²) in [5.41, 5.74) is 6.59. The van der Waals surface area contributed by atoms with Gasteiger partial charge in [-0.25, -0.2) is 9.97 Å². The van der Waals surface area contributed by atoms with E-state index in [1.54, 1.807) is 19.9 Å². The normalized spacial score (nSPS) is 10.2. The molecule has 8 nitrogen and oxygen atoms in total. The van der Waals surface area contributed by atoms with Gasteiger partial charge in [0.15, 0.2) is 5.69 Å². The molecule has 0 spiro atoms. The maximum Gasteiger partial charge on any atom is 0.272 e. The zero-order valence-corrected chi connectivity index (χ0v) is 11.5. The number of hydrogen-bond donors (Lipinski definition) is 2. The smallest absolute Gasteiger partial charge is 0.272 e. The summed E-state index contributed by atoms with van der Waals surface area (Å²) in [6, 6.07) is 2.97. The van der Waals surface area contributed by atoms with Gasteiger partial charge in [-0.05, 0) is 25.5 Å². The molecular weight excluding hydrogens is 274 g/mol. The quantitative estimate of drug-likeness (QED) is 0.383. The molecule has 1 heterocycles. The van der Waals surface area contributed by atoms with Crippen LogP contribution in [0.2, 0.25) is 0 Å². The predicted molar refractivity (Wildman–Crippen MR) is 75.7 cm³/mol. The molecule has 1 aromatic heterocycles. The highest BCUT2D eigenvalue weighted by molar-refractivity contribution is 5.95. The molecule has 3 N–H and O–H groups in total. The second-order valence-corrected chi connectivity index (χ2v) is 4.39. The van der Waals surface area contributed by atoms with Crippen molar-refractivity contribution in [2.24, 2.45) is 5.73 Å². The van der Waals surface area contributed by atoms with Crippen LogP contribution in [0.15, 0.2) is 24.5 Å². The van der Waals surface area contributed by atoms with Crippen LogP contribution >= 0.6 is 0 Å². The Kier molecular flexibility index (Phi) is 3.79. The lowest BCUT2D eigenvalue weighted by molar-refractivity contribution is -0.385. The predicted octanol–water partition coefficient (Wildman–Crippen LogP) is 2.08. The molecule has 2 aromatic rings. The highest BCUT2D eigenvalue weighted by Crippen LogP contribution is 2.31. The summed E-state index contributed by atoms with van der Waals surface area (Å²) in [6.07, 6.45) is 2.81. The Morgan fingerprint density at radius 2 is 1.95 bits per heavy atom. The van der Waals surface area contributed by atoms with Gasteiger partial charge in [0.25, 0.3) is 5.69 Å². The van der Waals surface area contributed by atoms with Crippen molar-refractivity contribution in [2.45, 2.75) is 13.8 Å². The number of hydrogen-bond acceptors (Lipinski definition) is 6. The summed E-state index contributed by atoms with van der Waals surface area (Å²) >= 11 is 0. The number of nitrogen functional groups attached to an aromatic ring is 1. The third kappa shape index (κ3) is 2.94. The molecule has 0 saturated carbocycles. The van der Waals surface area contributed by atoms with Gasteiger partial charge in [-0.3, -0.25) is 15.5 Å². The van der Waals surface area contributed by atoms with E-state index in [4.69, 9.17) is 15.9 Å². The van der Waals surface area contributed by atoms with Crippen LogP contribution in [0.1, 0.15) is 16.8 Å². The molecule has 0 aliphatic rings. The highest BCUT2D eigenvalue weighted by Gasteiger charge is 2.17. The molecule has 21 heavy (non-hydrogen) atoms. The largest absolute Gasteiger partial charge is 0.437 e. The summed E-state index contributed by atoms with van der Waals surface area (Å²) in [5.74, 6) is 0.219. The van der Waals surface area contributed by atoms with E-state index in [1.165, 1.54) is 18.5 Å². The van der Waals surface area contributed by atoms with E-state index in [0.717, 1.165) is 0 Å². The molecule has 0 radical (unpaired) electrons. The first-order valence-electron chi connectivity index (χ1n) is 5.99. The third-order valence-electron chi connectivity index (χ3n) is 2.82. The third-order valence-corrected chi connectivity index (χ3v) is 2.82. The Labute approximate surface area is 120 Å².